The van der Waals surface area contributed by atoms with E-state index in [4.69, 9.17) is 5.73 Å². The van der Waals surface area contributed by atoms with Crippen LogP contribution in [-0.4, -0.2) is 6.04 Å². The lowest BCUT2D eigenvalue weighted by atomic mass is 10.1. The van der Waals surface area contributed by atoms with Gasteiger partial charge < -0.3 is 5.73 Å². The molecular formula is C15H16BrNS. The Morgan fingerprint density at radius 3 is 2.44 bits per heavy atom. The lowest BCUT2D eigenvalue weighted by Gasteiger charge is -2.11. The van der Waals surface area contributed by atoms with Crippen LogP contribution in [0.4, 0.5) is 0 Å². The summed E-state index contributed by atoms with van der Waals surface area (Å²) in [5.41, 5.74) is 7.21. The van der Waals surface area contributed by atoms with Gasteiger partial charge in [-0.2, -0.15) is 0 Å². The number of benzene rings is 2. The van der Waals surface area contributed by atoms with Gasteiger partial charge in [-0.3, -0.25) is 0 Å². The number of hydrogen-bond acceptors (Lipinski definition) is 2. The van der Waals surface area contributed by atoms with Gasteiger partial charge in [0.05, 0.1) is 0 Å². The first kappa shape index (κ1) is 13.7. The number of rotatable bonds is 4. The summed E-state index contributed by atoms with van der Waals surface area (Å²) in [5, 5.41) is 0. The molecule has 0 spiro atoms. The molecule has 0 heterocycles. The second kappa shape index (κ2) is 6.41. The van der Waals surface area contributed by atoms with Gasteiger partial charge in [0.15, 0.2) is 0 Å². The Bertz CT molecular complexity index is 508. The summed E-state index contributed by atoms with van der Waals surface area (Å²) in [6.07, 6.45) is 0.916. The Hall–Kier alpha value is -0.770. The Labute approximate surface area is 121 Å². The predicted molar refractivity (Wildman–Crippen MR) is 82.1 cm³/mol. The van der Waals surface area contributed by atoms with E-state index in [1.807, 2.05) is 6.92 Å². The van der Waals surface area contributed by atoms with Crippen LogP contribution in [0.1, 0.15) is 12.5 Å². The SMILES string of the molecule is CC(N)Cc1ccccc1Sc1ccc(Br)cc1. The molecule has 1 unspecified atom stereocenters. The van der Waals surface area contributed by atoms with Gasteiger partial charge in [-0.15, -0.1) is 0 Å². The quantitative estimate of drug-likeness (QED) is 0.897. The summed E-state index contributed by atoms with van der Waals surface area (Å²) in [7, 11) is 0. The molecular weight excluding hydrogens is 306 g/mol. The van der Waals surface area contributed by atoms with Crippen LogP contribution in [0.15, 0.2) is 62.8 Å². The summed E-state index contributed by atoms with van der Waals surface area (Å²) in [6, 6.07) is 17.0. The van der Waals surface area contributed by atoms with Crippen LogP contribution in [0.5, 0.6) is 0 Å². The van der Waals surface area contributed by atoms with E-state index in [1.54, 1.807) is 11.8 Å². The van der Waals surface area contributed by atoms with E-state index >= 15 is 0 Å². The van der Waals surface area contributed by atoms with Gasteiger partial charge in [-0.25, -0.2) is 0 Å². The molecule has 2 rings (SSSR count). The van der Waals surface area contributed by atoms with Crippen LogP contribution in [0.2, 0.25) is 0 Å². The van der Waals surface area contributed by atoms with Crippen LogP contribution >= 0.6 is 27.7 Å². The highest BCUT2D eigenvalue weighted by molar-refractivity contribution is 9.10. The molecule has 0 bridgehead atoms. The number of halogens is 1. The van der Waals surface area contributed by atoms with Crippen molar-refractivity contribution in [2.24, 2.45) is 5.73 Å². The molecule has 0 saturated heterocycles. The smallest absolute Gasteiger partial charge is 0.0176 e. The second-order valence-corrected chi connectivity index (χ2v) is 6.38. The fourth-order valence-corrected chi connectivity index (χ4v) is 2.97. The minimum atomic E-state index is 0.191. The maximum Gasteiger partial charge on any atom is 0.0176 e. The van der Waals surface area contributed by atoms with Gasteiger partial charge in [-0.05, 0) is 49.2 Å². The fourth-order valence-electron chi connectivity index (χ4n) is 1.75. The summed E-state index contributed by atoms with van der Waals surface area (Å²) in [5.74, 6) is 0. The van der Waals surface area contributed by atoms with E-state index in [0.717, 1.165) is 10.9 Å². The maximum atomic E-state index is 5.89. The molecule has 0 saturated carbocycles. The van der Waals surface area contributed by atoms with Crippen LogP contribution in [0.3, 0.4) is 0 Å². The summed E-state index contributed by atoms with van der Waals surface area (Å²) >= 11 is 5.24. The number of nitrogens with two attached hydrogens (primary N) is 1. The topological polar surface area (TPSA) is 26.0 Å². The molecule has 0 aromatic heterocycles. The molecule has 3 heteroatoms. The van der Waals surface area contributed by atoms with Crippen LogP contribution in [0, 0.1) is 0 Å². The third-order valence-electron chi connectivity index (χ3n) is 2.56. The summed E-state index contributed by atoms with van der Waals surface area (Å²) in [6.45, 7) is 2.04. The highest BCUT2D eigenvalue weighted by atomic mass is 79.9. The minimum Gasteiger partial charge on any atom is -0.328 e. The van der Waals surface area contributed by atoms with Crippen molar-refractivity contribution in [1.29, 1.82) is 0 Å². The van der Waals surface area contributed by atoms with Crippen molar-refractivity contribution >= 4 is 27.7 Å². The van der Waals surface area contributed by atoms with Crippen LogP contribution in [0.25, 0.3) is 0 Å². The van der Waals surface area contributed by atoms with Crippen molar-refractivity contribution in [3.05, 3.63) is 58.6 Å². The van der Waals surface area contributed by atoms with Gasteiger partial charge in [-0.1, -0.05) is 45.9 Å². The zero-order valence-electron chi connectivity index (χ0n) is 10.3. The Balaban J connectivity index is 2.20. The largest absolute Gasteiger partial charge is 0.328 e. The molecule has 1 nitrogen and oxygen atoms in total. The maximum absolute atomic E-state index is 5.89. The highest BCUT2D eigenvalue weighted by Crippen LogP contribution is 2.31. The summed E-state index contributed by atoms with van der Waals surface area (Å²) < 4.78 is 1.11. The minimum absolute atomic E-state index is 0.191. The standard InChI is InChI=1S/C15H16BrNS/c1-11(17)10-12-4-2-3-5-15(12)18-14-8-6-13(16)7-9-14/h2-9,11H,10,17H2,1H3. The van der Waals surface area contributed by atoms with Crippen LogP contribution < -0.4 is 5.73 Å². The molecule has 0 radical (unpaired) electrons. The van der Waals surface area contributed by atoms with Crippen LogP contribution in [-0.2, 0) is 6.42 Å². The van der Waals surface area contributed by atoms with E-state index in [2.05, 4.69) is 64.5 Å². The first-order valence-corrected chi connectivity index (χ1v) is 7.53. The normalized spacial score (nSPS) is 12.4. The Morgan fingerprint density at radius 1 is 1.11 bits per heavy atom. The third kappa shape index (κ3) is 3.87. The summed E-state index contributed by atoms with van der Waals surface area (Å²) in [4.78, 5) is 2.53. The monoisotopic (exact) mass is 321 g/mol. The van der Waals surface area contributed by atoms with Gasteiger partial charge in [0.25, 0.3) is 0 Å². The van der Waals surface area contributed by atoms with Crippen molar-refractivity contribution in [3.63, 3.8) is 0 Å². The second-order valence-electron chi connectivity index (χ2n) is 4.35. The lowest BCUT2D eigenvalue weighted by Crippen LogP contribution is -2.18. The predicted octanol–water partition coefficient (Wildman–Crippen LogP) is 4.49. The third-order valence-corrected chi connectivity index (χ3v) is 4.21. The Morgan fingerprint density at radius 2 is 1.78 bits per heavy atom. The molecule has 94 valence electrons. The average Bonchev–Trinajstić information content (AvgIpc) is 2.34. The molecule has 0 amide bonds. The fraction of sp³-hybridized carbons (Fsp3) is 0.200. The molecule has 1 atom stereocenters. The number of hydrogen-bond donors (Lipinski definition) is 1. The molecule has 18 heavy (non-hydrogen) atoms. The van der Waals surface area contributed by atoms with E-state index in [-0.39, 0.29) is 6.04 Å². The lowest BCUT2D eigenvalue weighted by molar-refractivity contribution is 0.729. The molecule has 0 aliphatic heterocycles. The van der Waals surface area contributed by atoms with Gasteiger partial charge >= 0.3 is 0 Å². The molecule has 0 aliphatic rings. The van der Waals surface area contributed by atoms with E-state index in [9.17, 15) is 0 Å². The molecule has 0 aliphatic carbocycles. The zero-order chi connectivity index (χ0) is 13.0. The molecule has 0 fully saturated rings. The van der Waals surface area contributed by atoms with Crippen molar-refractivity contribution in [2.75, 3.05) is 0 Å². The van der Waals surface area contributed by atoms with Crippen molar-refractivity contribution in [1.82, 2.24) is 0 Å². The van der Waals surface area contributed by atoms with Gasteiger partial charge in [0, 0.05) is 20.3 Å². The molecule has 2 N–H and O–H groups in total. The first-order chi connectivity index (χ1) is 8.65. The van der Waals surface area contributed by atoms with E-state index in [1.165, 1.54) is 15.4 Å². The first-order valence-electron chi connectivity index (χ1n) is 5.92. The van der Waals surface area contributed by atoms with Gasteiger partial charge in [0.2, 0.25) is 0 Å². The van der Waals surface area contributed by atoms with Crippen molar-refractivity contribution in [3.8, 4) is 0 Å². The zero-order valence-corrected chi connectivity index (χ0v) is 12.7. The average molecular weight is 322 g/mol. The van der Waals surface area contributed by atoms with Crippen molar-refractivity contribution in [2.45, 2.75) is 29.2 Å². The Kier molecular flexibility index (Phi) is 4.87. The molecule has 2 aromatic rings. The van der Waals surface area contributed by atoms with Crippen molar-refractivity contribution < 1.29 is 0 Å². The van der Waals surface area contributed by atoms with E-state index < -0.39 is 0 Å². The molecule has 2 aromatic carbocycles. The van der Waals surface area contributed by atoms with Gasteiger partial charge in [0.1, 0.15) is 0 Å². The van der Waals surface area contributed by atoms with E-state index in [0.29, 0.717) is 0 Å². The highest BCUT2D eigenvalue weighted by Gasteiger charge is 2.06.